The molecule has 1 N–H and O–H groups in total. The van der Waals surface area contributed by atoms with Gasteiger partial charge in [0.25, 0.3) is 0 Å². The number of anilines is 1. The van der Waals surface area contributed by atoms with Gasteiger partial charge in [0.05, 0.1) is 6.61 Å². The van der Waals surface area contributed by atoms with E-state index in [1.165, 1.54) is 12.8 Å². The highest BCUT2D eigenvalue weighted by molar-refractivity contribution is 5.33. The quantitative estimate of drug-likeness (QED) is 0.842. The average Bonchev–Trinajstić information content (AvgIpc) is 2.78. The van der Waals surface area contributed by atoms with E-state index in [0.717, 1.165) is 18.1 Å². The molecule has 1 fully saturated rings. The van der Waals surface area contributed by atoms with Gasteiger partial charge in [-0.25, -0.2) is 9.97 Å². The first-order chi connectivity index (χ1) is 7.72. The van der Waals surface area contributed by atoms with Crippen LogP contribution in [0.4, 0.5) is 5.95 Å². The van der Waals surface area contributed by atoms with E-state index in [1.54, 1.807) is 12.4 Å². The molecule has 2 rings (SSSR count). The van der Waals surface area contributed by atoms with Gasteiger partial charge >= 0.3 is 0 Å². The van der Waals surface area contributed by atoms with E-state index in [-0.39, 0.29) is 6.61 Å². The second-order valence-electron chi connectivity index (χ2n) is 4.70. The summed E-state index contributed by atoms with van der Waals surface area (Å²) in [7, 11) is 0. The zero-order valence-electron chi connectivity index (χ0n) is 9.93. The first-order valence-corrected chi connectivity index (χ1v) is 5.91. The van der Waals surface area contributed by atoms with Crippen molar-refractivity contribution in [3.05, 3.63) is 18.0 Å². The Morgan fingerprint density at radius 2 is 2.12 bits per heavy atom. The molecule has 4 heteroatoms. The summed E-state index contributed by atoms with van der Waals surface area (Å²) >= 11 is 0. The van der Waals surface area contributed by atoms with Crippen molar-refractivity contribution in [3.8, 4) is 0 Å². The van der Waals surface area contributed by atoms with Gasteiger partial charge in [-0.1, -0.05) is 13.8 Å². The van der Waals surface area contributed by atoms with Crippen LogP contribution in [0.15, 0.2) is 12.4 Å². The van der Waals surface area contributed by atoms with Crippen LogP contribution in [0.1, 0.15) is 32.3 Å². The lowest BCUT2D eigenvalue weighted by Crippen LogP contribution is -2.34. The summed E-state index contributed by atoms with van der Waals surface area (Å²) in [6.07, 6.45) is 5.85. The zero-order valence-corrected chi connectivity index (χ0v) is 9.93. The van der Waals surface area contributed by atoms with E-state index in [9.17, 15) is 0 Å². The van der Waals surface area contributed by atoms with Crippen LogP contribution in [0.25, 0.3) is 0 Å². The van der Waals surface area contributed by atoms with Crippen molar-refractivity contribution in [3.63, 3.8) is 0 Å². The first kappa shape index (κ1) is 11.3. The number of aliphatic hydroxyl groups is 1. The molecular weight excluding hydrogens is 202 g/mol. The van der Waals surface area contributed by atoms with Gasteiger partial charge in [-0.3, -0.25) is 0 Å². The monoisotopic (exact) mass is 221 g/mol. The molecule has 88 valence electrons. The van der Waals surface area contributed by atoms with Crippen molar-refractivity contribution in [2.45, 2.75) is 39.3 Å². The van der Waals surface area contributed by atoms with E-state index in [1.807, 2.05) is 0 Å². The molecule has 0 aromatic carbocycles. The van der Waals surface area contributed by atoms with Crippen LogP contribution in [0.5, 0.6) is 0 Å². The van der Waals surface area contributed by atoms with Crippen molar-refractivity contribution in [1.82, 2.24) is 9.97 Å². The summed E-state index contributed by atoms with van der Waals surface area (Å²) in [6.45, 7) is 5.53. The fourth-order valence-electron chi connectivity index (χ4n) is 2.31. The molecule has 1 atom stereocenters. The molecule has 1 aromatic heterocycles. The third-order valence-electron chi connectivity index (χ3n) is 3.20. The second-order valence-corrected chi connectivity index (χ2v) is 4.70. The number of hydrogen-bond donors (Lipinski definition) is 1. The number of rotatable bonds is 3. The summed E-state index contributed by atoms with van der Waals surface area (Å²) < 4.78 is 0. The number of aliphatic hydroxyl groups excluding tert-OH is 1. The van der Waals surface area contributed by atoms with Gasteiger partial charge < -0.3 is 10.0 Å². The fourth-order valence-corrected chi connectivity index (χ4v) is 2.31. The molecule has 16 heavy (non-hydrogen) atoms. The van der Waals surface area contributed by atoms with Crippen LogP contribution < -0.4 is 4.90 Å². The summed E-state index contributed by atoms with van der Waals surface area (Å²) in [6, 6.07) is 0.556. The number of nitrogens with zero attached hydrogens (tertiary/aromatic N) is 3. The predicted molar refractivity (Wildman–Crippen MR) is 63.2 cm³/mol. The Morgan fingerprint density at radius 3 is 2.69 bits per heavy atom. The smallest absolute Gasteiger partial charge is 0.225 e. The Kier molecular flexibility index (Phi) is 3.39. The minimum atomic E-state index is 0.00783. The van der Waals surface area contributed by atoms with Crippen molar-refractivity contribution in [2.75, 3.05) is 11.4 Å². The molecule has 1 unspecified atom stereocenters. The highest BCUT2D eigenvalue weighted by atomic mass is 16.3. The van der Waals surface area contributed by atoms with E-state index in [0.29, 0.717) is 12.0 Å². The minimum absolute atomic E-state index is 0.00783. The van der Waals surface area contributed by atoms with Gasteiger partial charge in [0.15, 0.2) is 0 Å². The number of aromatic nitrogens is 2. The van der Waals surface area contributed by atoms with Crippen LogP contribution in [-0.4, -0.2) is 27.7 Å². The summed E-state index contributed by atoms with van der Waals surface area (Å²) in [5.74, 6) is 1.43. The predicted octanol–water partition coefficient (Wildman–Crippen LogP) is 1.59. The van der Waals surface area contributed by atoms with Gasteiger partial charge in [-0.05, 0) is 18.8 Å². The maximum atomic E-state index is 8.94. The second kappa shape index (κ2) is 4.78. The van der Waals surface area contributed by atoms with Gasteiger partial charge in [0, 0.05) is 30.5 Å². The Morgan fingerprint density at radius 1 is 1.44 bits per heavy atom. The normalized spacial score (nSPS) is 20.8. The molecule has 0 spiro atoms. The molecule has 0 aliphatic carbocycles. The maximum absolute atomic E-state index is 8.94. The molecule has 2 heterocycles. The number of hydrogen-bond acceptors (Lipinski definition) is 4. The van der Waals surface area contributed by atoms with Gasteiger partial charge in [-0.2, -0.15) is 0 Å². The van der Waals surface area contributed by atoms with Crippen molar-refractivity contribution < 1.29 is 5.11 Å². The standard InChI is InChI=1S/C12H19N3O/c1-9(2)11-4-3-5-15(11)12-13-6-10(8-16)7-14-12/h6-7,9,11,16H,3-5,8H2,1-2H3. The van der Waals surface area contributed by atoms with Crippen LogP contribution in [0, 0.1) is 5.92 Å². The Labute approximate surface area is 96.3 Å². The first-order valence-electron chi connectivity index (χ1n) is 5.91. The highest BCUT2D eigenvalue weighted by Crippen LogP contribution is 2.26. The fraction of sp³-hybridized carbons (Fsp3) is 0.667. The Bertz CT molecular complexity index is 337. The summed E-state index contributed by atoms with van der Waals surface area (Å²) in [5.41, 5.74) is 0.768. The molecule has 0 bridgehead atoms. The molecule has 0 radical (unpaired) electrons. The van der Waals surface area contributed by atoms with Gasteiger partial charge in [0.1, 0.15) is 0 Å². The van der Waals surface area contributed by atoms with Crippen LogP contribution in [-0.2, 0) is 6.61 Å². The molecule has 0 saturated carbocycles. The highest BCUT2D eigenvalue weighted by Gasteiger charge is 2.28. The van der Waals surface area contributed by atoms with Crippen LogP contribution >= 0.6 is 0 Å². The van der Waals surface area contributed by atoms with Crippen LogP contribution in [0.2, 0.25) is 0 Å². The Balaban J connectivity index is 2.16. The summed E-state index contributed by atoms with van der Waals surface area (Å²) in [4.78, 5) is 10.9. The zero-order chi connectivity index (χ0) is 11.5. The summed E-state index contributed by atoms with van der Waals surface area (Å²) in [5, 5.41) is 8.94. The van der Waals surface area contributed by atoms with E-state index >= 15 is 0 Å². The van der Waals surface area contributed by atoms with Crippen molar-refractivity contribution in [2.24, 2.45) is 5.92 Å². The maximum Gasteiger partial charge on any atom is 0.225 e. The van der Waals surface area contributed by atoms with E-state index in [4.69, 9.17) is 5.11 Å². The molecular formula is C12H19N3O. The molecule has 1 saturated heterocycles. The largest absolute Gasteiger partial charge is 0.392 e. The van der Waals surface area contributed by atoms with Gasteiger partial charge in [-0.15, -0.1) is 0 Å². The molecule has 1 aliphatic rings. The minimum Gasteiger partial charge on any atom is -0.392 e. The third kappa shape index (κ3) is 2.16. The van der Waals surface area contributed by atoms with E-state index < -0.39 is 0 Å². The van der Waals surface area contributed by atoms with Crippen LogP contribution in [0.3, 0.4) is 0 Å². The van der Waals surface area contributed by atoms with Crippen molar-refractivity contribution >= 4 is 5.95 Å². The molecule has 1 aromatic rings. The molecule has 4 nitrogen and oxygen atoms in total. The van der Waals surface area contributed by atoms with Crippen molar-refractivity contribution in [1.29, 1.82) is 0 Å². The Hall–Kier alpha value is -1.16. The van der Waals surface area contributed by atoms with Gasteiger partial charge in [0.2, 0.25) is 5.95 Å². The lowest BCUT2D eigenvalue weighted by Gasteiger charge is -2.27. The molecule has 1 aliphatic heterocycles. The third-order valence-corrected chi connectivity index (χ3v) is 3.20. The topological polar surface area (TPSA) is 49.2 Å². The average molecular weight is 221 g/mol. The SMILES string of the molecule is CC(C)C1CCCN1c1ncc(CO)cn1. The van der Waals surface area contributed by atoms with E-state index in [2.05, 4.69) is 28.7 Å². The molecule has 0 amide bonds. The lowest BCUT2D eigenvalue weighted by atomic mass is 10.0. The lowest BCUT2D eigenvalue weighted by molar-refractivity contribution is 0.281.